The lowest BCUT2D eigenvalue weighted by molar-refractivity contribution is -0.384. The Morgan fingerprint density at radius 2 is 2.11 bits per heavy atom. The van der Waals surface area contributed by atoms with E-state index in [1.165, 1.54) is 18.2 Å². The summed E-state index contributed by atoms with van der Waals surface area (Å²) in [5.74, 6) is -0.332. The summed E-state index contributed by atoms with van der Waals surface area (Å²) in [7, 11) is 0. The topological polar surface area (TPSA) is 92.5 Å². The molecule has 0 aromatic heterocycles. The van der Waals surface area contributed by atoms with Crippen LogP contribution in [0.2, 0.25) is 0 Å². The molecule has 1 atom stereocenters. The normalized spacial score (nSPS) is 12.3. The Morgan fingerprint density at radius 1 is 1.47 bits per heavy atom. The fourth-order valence-corrected chi connectivity index (χ4v) is 1.64. The Labute approximate surface area is 111 Å². The van der Waals surface area contributed by atoms with Crippen LogP contribution in [-0.2, 0) is 0 Å². The van der Waals surface area contributed by atoms with Gasteiger partial charge >= 0.3 is 0 Å². The lowest BCUT2D eigenvalue weighted by Crippen LogP contribution is -2.41. The highest BCUT2D eigenvalue weighted by Gasteiger charge is 2.19. The molecule has 0 saturated heterocycles. The van der Waals surface area contributed by atoms with Gasteiger partial charge in [-0.25, -0.2) is 0 Å². The van der Waals surface area contributed by atoms with Crippen molar-refractivity contribution in [3.63, 3.8) is 0 Å². The fourth-order valence-electron chi connectivity index (χ4n) is 1.64. The van der Waals surface area contributed by atoms with E-state index in [0.29, 0.717) is 5.56 Å². The van der Waals surface area contributed by atoms with Crippen molar-refractivity contribution in [1.29, 1.82) is 0 Å². The molecule has 0 unspecified atom stereocenters. The summed E-state index contributed by atoms with van der Waals surface area (Å²) in [6.07, 6.45) is 0. The van der Waals surface area contributed by atoms with E-state index in [0.717, 1.165) is 0 Å². The smallest absolute Gasteiger partial charge is 0.270 e. The number of nitrogens with one attached hydrogen (secondary N) is 1. The van der Waals surface area contributed by atoms with Crippen molar-refractivity contribution in [2.75, 3.05) is 6.61 Å². The molecule has 1 rings (SSSR count). The molecule has 0 spiro atoms. The first-order chi connectivity index (χ1) is 8.86. The lowest BCUT2D eigenvalue weighted by atomic mass is 10.0. The number of nitro benzene ring substituents is 1. The highest BCUT2D eigenvalue weighted by molar-refractivity contribution is 5.96. The molecule has 0 aliphatic heterocycles. The molecule has 0 aliphatic rings. The highest BCUT2D eigenvalue weighted by atomic mass is 16.6. The maximum absolute atomic E-state index is 12.1. The monoisotopic (exact) mass is 266 g/mol. The minimum atomic E-state index is -0.539. The van der Waals surface area contributed by atoms with Gasteiger partial charge in [0.2, 0.25) is 0 Å². The van der Waals surface area contributed by atoms with Crippen LogP contribution in [-0.4, -0.2) is 28.6 Å². The molecule has 0 fully saturated rings. The molecule has 0 heterocycles. The van der Waals surface area contributed by atoms with Crippen molar-refractivity contribution in [3.8, 4) is 0 Å². The van der Waals surface area contributed by atoms with Crippen molar-refractivity contribution in [1.82, 2.24) is 5.32 Å². The van der Waals surface area contributed by atoms with E-state index >= 15 is 0 Å². The van der Waals surface area contributed by atoms with E-state index in [2.05, 4.69) is 5.32 Å². The third kappa shape index (κ3) is 3.75. The number of hydrogen-bond donors (Lipinski definition) is 2. The number of amides is 1. The van der Waals surface area contributed by atoms with Crippen LogP contribution >= 0.6 is 0 Å². The van der Waals surface area contributed by atoms with Crippen molar-refractivity contribution >= 4 is 11.6 Å². The minimum Gasteiger partial charge on any atom is -0.394 e. The van der Waals surface area contributed by atoms with Crippen LogP contribution in [0.5, 0.6) is 0 Å². The minimum absolute atomic E-state index is 0.0768. The highest BCUT2D eigenvalue weighted by Crippen LogP contribution is 2.17. The number of aliphatic hydroxyl groups excluding tert-OH is 1. The van der Waals surface area contributed by atoms with Crippen molar-refractivity contribution in [2.45, 2.75) is 26.8 Å². The summed E-state index contributed by atoms with van der Waals surface area (Å²) < 4.78 is 0. The predicted molar refractivity (Wildman–Crippen MR) is 71.0 cm³/mol. The first-order valence-electron chi connectivity index (χ1n) is 6.03. The maximum Gasteiger partial charge on any atom is 0.270 e. The Bertz CT molecular complexity index is 486. The quantitative estimate of drug-likeness (QED) is 0.626. The second-order valence-electron chi connectivity index (χ2n) is 4.76. The number of benzene rings is 1. The molecular weight excluding hydrogens is 248 g/mol. The first kappa shape index (κ1) is 15.1. The van der Waals surface area contributed by atoms with Gasteiger partial charge in [0, 0.05) is 17.7 Å². The molecule has 19 heavy (non-hydrogen) atoms. The van der Waals surface area contributed by atoms with Crippen molar-refractivity contribution in [3.05, 3.63) is 39.4 Å². The Morgan fingerprint density at radius 3 is 2.58 bits per heavy atom. The van der Waals surface area contributed by atoms with Crippen molar-refractivity contribution < 1.29 is 14.8 Å². The van der Waals surface area contributed by atoms with Gasteiger partial charge in [0.05, 0.1) is 17.6 Å². The number of carbonyl (C=O) groups excluding carboxylic acids is 1. The molecule has 1 amide bonds. The third-order valence-corrected chi connectivity index (χ3v) is 2.99. The summed E-state index contributed by atoms with van der Waals surface area (Å²) in [6, 6.07) is 3.78. The summed E-state index contributed by atoms with van der Waals surface area (Å²) in [5.41, 5.74) is 0.790. The second-order valence-corrected chi connectivity index (χ2v) is 4.76. The van der Waals surface area contributed by atoms with Crippen LogP contribution in [0, 0.1) is 23.0 Å². The van der Waals surface area contributed by atoms with Gasteiger partial charge in [0.1, 0.15) is 0 Å². The number of carbonyl (C=O) groups is 1. The molecule has 6 heteroatoms. The van der Waals surface area contributed by atoms with Gasteiger partial charge in [-0.05, 0) is 18.4 Å². The van der Waals surface area contributed by atoms with E-state index in [-0.39, 0.29) is 29.8 Å². The third-order valence-electron chi connectivity index (χ3n) is 2.99. The van der Waals surface area contributed by atoms with Gasteiger partial charge < -0.3 is 10.4 Å². The maximum atomic E-state index is 12.1. The van der Waals surface area contributed by atoms with E-state index in [4.69, 9.17) is 0 Å². The fraction of sp³-hybridized carbons (Fsp3) is 0.462. The number of non-ortho nitro benzene ring substituents is 1. The summed E-state index contributed by atoms with van der Waals surface area (Å²) in [4.78, 5) is 22.2. The number of aryl methyl sites for hydroxylation is 1. The average molecular weight is 266 g/mol. The Kier molecular flexibility index (Phi) is 5.00. The first-order valence-corrected chi connectivity index (χ1v) is 6.03. The summed E-state index contributed by atoms with van der Waals surface area (Å²) in [6.45, 7) is 5.29. The van der Waals surface area contributed by atoms with Gasteiger partial charge in [0.15, 0.2) is 0 Å². The predicted octanol–water partition coefficient (Wildman–Crippen LogP) is 1.65. The van der Waals surface area contributed by atoms with Crippen LogP contribution in [0.4, 0.5) is 5.69 Å². The molecule has 6 nitrogen and oxygen atoms in total. The van der Waals surface area contributed by atoms with E-state index in [1.807, 2.05) is 13.8 Å². The number of hydrogen-bond acceptors (Lipinski definition) is 4. The molecule has 2 N–H and O–H groups in total. The zero-order chi connectivity index (χ0) is 14.6. The molecule has 0 radical (unpaired) electrons. The van der Waals surface area contributed by atoms with E-state index in [1.54, 1.807) is 6.92 Å². The van der Waals surface area contributed by atoms with Crippen LogP contribution in [0.25, 0.3) is 0 Å². The molecule has 0 aliphatic carbocycles. The lowest BCUT2D eigenvalue weighted by Gasteiger charge is -2.20. The zero-order valence-electron chi connectivity index (χ0n) is 11.2. The van der Waals surface area contributed by atoms with E-state index < -0.39 is 10.8 Å². The molecular formula is C13H18N2O4. The standard InChI is InChI=1S/C13H18N2O4/c1-8(2)12(7-16)14-13(17)11-6-10(15(18)19)5-4-9(11)3/h4-6,8,12,16H,7H2,1-3H3,(H,14,17)/t12-/m1/s1. The summed E-state index contributed by atoms with van der Waals surface area (Å²) >= 11 is 0. The molecule has 0 bridgehead atoms. The molecule has 0 saturated carbocycles. The van der Waals surface area contributed by atoms with Crippen LogP contribution in [0.1, 0.15) is 29.8 Å². The van der Waals surface area contributed by atoms with Gasteiger partial charge in [-0.1, -0.05) is 19.9 Å². The van der Waals surface area contributed by atoms with Crippen LogP contribution in [0.3, 0.4) is 0 Å². The SMILES string of the molecule is Cc1ccc([N+](=O)[O-])cc1C(=O)N[C@H](CO)C(C)C. The molecule has 104 valence electrons. The number of nitrogens with zero attached hydrogens (tertiary/aromatic N) is 1. The summed E-state index contributed by atoms with van der Waals surface area (Å²) in [5, 5.41) is 22.6. The number of rotatable bonds is 5. The molecule has 1 aromatic carbocycles. The van der Waals surface area contributed by atoms with Crippen LogP contribution < -0.4 is 5.32 Å². The zero-order valence-corrected chi connectivity index (χ0v) is 11.2. The van der Waals surface area contributed by atoms with Crippen molar-refractivity contribution in [2.24, 2.45) is 5.92 Å². The Hall–Kier alpha value is -1.95. The van der Waals surface area contributed by atoms with Gasteiger partial charge in [0.25, 0.3) is 11.6 Å². The second kappa shape index (κ2) is 6.29. The number of aliphatic hydroxyl groups is 1. The molecule has 1 aromatic rings. The Balaban J connectivity index is 2.99. The van der Waals surface area contributed by atoms with E-state index in [9.17, 15) is 20.0 Å². The van der Waals surface area contributed by atoms with Gasteiger partial charge in [-0.2, -0.15) is 0 Å². The van der Waals surface area contributed by atoms with Gasteiger partial charge in [-0.15, -0.1) is 0 Å². The number of nitro groups is 1. The van der Waals surface area contributed by atoms with Gasteiger partial charge in [-0.3, -0.25) is 14.9 Å². The average Bonchev–Trinajstić information content (AvgIpc) is 2.35. The van der Waals surface area contributed by atoms with Crippen LogP contribution in [0.15, 0.2) is 18.2 Å². The largest absolute Gasteiger partial charge is 0.394 e.